The van der Waals surface area contributed by atoms with Gasteiger partial charge in [-0.1, -0.05) is 12.1 Å². The Balaban J connectivity index is 1.81. The smallest absolute Gasteiger partial charge is 0.307 e. The number of hydrogen-bond donors (Lipinski definition) is 2. The van der Waals surface area contributed by atoms with Crippen molar-refractivity contribution in [2.75, 3.05) is 14.2 Å². The maximum atomic E-state index is 12.2. The van der Waals surface area contributed by atoms with Gasteiger partial charge in [-0.3, -0.25) is 9.59 Å². The van der Waals surface area contributed by atoms with Crippen molar-refractivity contribution in [3.8, 4) is 11.5 Å². The number of ether oxygens (including phenoxy) is 2. The minimum Gasteiger partial charge on any atom is -0.497 e. The lowest BCUT2D eigenvalue weighted by Crippen LogP contribution is -2.24. The summed E-state index contributed by atoms with van der Waals surface area (Å²) < 4.78 is 10.4. The third kappa shape index (κ3) is 3.54. The van der Waals surface area contributed by atoms with Crippen LogP contribution >= 0.6 is 0 Å². The molecule has 132 valence electrons. The van der Waals surface area contributed by atoms with Crippen molar-refractivity contribution in [1.29, 1.82) is 0 Å². The maximum Gasteiger partial charge on any atom is 0.307 e. The first-order valence-electron chi connectivity index (χ1n) is 7.67. The molecule has 0 saturated carbocycles. The topological polar surface area (TPSA) is 106 Å². The number of hydrogen-bond acceptors (Lipinski definition) is 6. The molecule has 2 N–H and O–H groups in total. The van der Waals surface area contributed by atoms with Crippen LogP contribution < -0.4 is 20.5 Å². The third-order valence-corrected chi connectivity index (χ3v) is 3.63. The van der Waals surface area contributed by atoms with Crippen LogP contribution in [0.3, 0.4) is 0 Å². The number of carbonyl (C=O) groups excluding carboxylic acids is 1. The molecule has 0 aliphatic rings. The summed E-state index contributed by atoms with van der Waals surface area (Å²) in [4.78, 5) is 30.8. The Labute approximate surface area is 148 Å². The highest BCUT2D eigenvalue weighted by Crippen LogP contribution is 2.22. The van der Waals surface area contributed by atoms with E-state index >= 15 is 0 Å². The lowest BCUT2D eigenvalue weighted by atomic mass is 10.2. The largest absolute Gasteiger partial charge is 0.497 e. The summed E-state index contributed by atoms with van der Waals surface area (Å²) in [6.07, 6.45) is 1.42. The molecule has 1 aromatic heterocycles. The van der Waals surface area contributed by atoms with E-state index in [-0.39, 0.29) is 11.4 Å². The van der Waals surface area contributed by atoms with Crippen molar-refractivity contribution in [2.24, 2.45) is 5.10 Å². The molecular formula is C18H16N4O4. The van der Waals surface area contributed by atoms with Gasteiger partial charge in [-0.15, -0.1) is 0 Å². The molecule has 3 aromatic rings. The molecule has 0 radical (unpaired) electrons. The summed E-state index contributed by atoms with van der Waals surface area (Å²) >= 11 is 0. The number of fused-ring (bicyclic) bond motifs is 1. The Bertz CT molecular complexity index is 1040. The van der Waals surface area contributed by atoms with E-state index in [4.69, 9.17) is 9.47 Å². The predicted molar refractivity (Wildman–Crippen MR) is 97.0 cm³/mol. The second-order valence-corrected chi connectivity index (χ2v) is 5.24. The second-order valence-electron chi connectivity index (χ2n) is 5.24. The maximum absolute atomic E-state index is 12.2. The average molecular weight is 352 g/mol. The van der Waals surface area contributed by atoms with Gasteiger partial charge < -0.3 is 14.5 Å². The molecule has 1 heterocycles. The van der Waals surface area contributed by atoms with E-state index in [1.54, 1.807) is 49.6 Å². The van der Waals surface area contributed by atoms with Crippen LogP contribution in [0.2, 0.25) is 0 Å². The van der Waals surface area contributed by atoms with Crippen LogP contribution in [0.4, 0.5) is 0 Å². The molecule has 0 unspecified atom stereocenters. The molecule has 3 rings (SSSR count). The summed E-state index contributed by atoms with van der Waals surface area (Å²) in [5.74, 6) is 0.439. The molecule has 8 heteroatoms. The Morgan fingerprint density at radius 2 is 2.00 bits per heavy atom. The van der Waals surface area contributed by atoms with E-state index in [1.165, 1.54) is 13.3 Å². The molecule has 0 atom stereocenters. The monoisotopic (exact) mass is 352 g/mol. The first-order valence-corrected chi connectivity index (χ1v) is 7.67. The Kier molecular flexibility index (Phi) is 4.93. The molecular weight excluding hydrogens is 336 g/mol. The van der Waals surface area contributed by atoms with Crippen LogP contribution in [0.1, 0.15) is 16.2 Å². The first kappa shape index (κ1) is 17.2. The molecule has 0 saturated heterocycles. The number of nitrogens with zero attached hydrogens (tertiary/aromatic N) is 2. The summed E-state index contributed by atoms with van der Waals surface area (Å²) in [6, 6.07) is 11.9. The van der Waals surface area contributed by atoms with Crippen molar-refractivity contribution in [2.45, 2.75) is 0 Å². The highest BCUT2D eigenvalue weighted by atomic mass is 16.5. The number of H-pyrrole nitrogens is 1. The number of carbonyl (C=O) groups is 1. The third-order valence-electron chi connectivity index (χ3n) is 3.63. The Morgan fingerprint density at radius 1 is 1.19 bits per heavy atom. The molecule has 1 amide bonds. The number of aromatic amines is 1. The highest BCUT2D eigenvalue weighted by molar-refractivity contribution is 5.93. The van der Waals surface area contributed by atoms with E-state index < -0.39 is 5.91 Å². The molecule has 0 bridgehead atoms. The van der Waals surface area contributed by atoms with E-state index in [0.717, 1.165) is 0 Å². The summed E-state index contributed by atoms with van der Waals surface area (Å²) in [7, 11) is 3.08. The van der Waals surface area contributed by atoms with Crippen LogP contribution in [-0.2, 0) is 0 Å². The summed E-state index contributed by atoms with van der Waals surface area (Å²) in [6.45, 7) is 0. The number of rotatable bonds is 5. The molecule has 8 nitrogen and oxygen atoms in total. The van der Waals surface area contributed by atoms with Gasteiger partial charge in [0.2, 0.25) is 5.82 Å². The van der Waals surface area contributed by atoms with Crippen molar-refractivity contribution < 1.29 is 14.3 Å². The Morgan fingerprint density at radius 3 is 2.77 bits per heavy atom. The zero-order valence-electron chi connectivity index (χ0n) is 14.1. The van der Waals surface area contributed by atoms with Crippen molar-refractivity contribution in [1.82, 2.24) is 15.4 Å². The molecule has 0 spiro atoms. The fourth-order valence-corrected chi connectivity index (χ4v) is 2.35. The average Bonchev–Trinajstić information content (AvgIpc) is 2.67. The van der Waals surface area contributed by atoms with E-state index in [1.807, 2.05) is 0 Å². The quantitative estimate of drug-likeness (QED) is 0.537. The molecule has 0 aliphatic carbocycles. The number of nitrogens with one attached hydrogen (secondary N) is 2. The number of aromatic nitrogens is 2. The van der Waals surface area contributed by atoms with Gasteiger partial charge in [0.05, 0.1) is 31.3 Å². The van der Waals surface area contributed by atoms with E-state index in [9.17, 15) is 9.59 Å². The number of methoxy groups -OCH3 is 2. The van der Waals surface area contributed by atoms with Crippen LogP contribution in [0.25, 0.3) is 10.9 Å². The molecule has 26 heavy (non-hydrogen) atoms. The van der Waals surface area contributed by atoms with Gasteiger partial charge in [-0.2, -0.15) is 5.10 Å². The van der Waals surface area contributed by atoms with Gasteiger partial charge in [0.15, 0.2) is 0 Å². The Hall–Kier alpha value is -3.68. The van der Waals surface area contributed by atoms with Gasteiger partial charge in [-0.05, 0) is 30.3 Å². The van der Waals surface area contributed by atoms with Gasteiger partial charge in [0, 0.05) is 5.56 Å². The molecule has 2 aromatic carbocycles. The number of hydrazone groups is 1. The van der Waals surface area contributed by atoms with Crippen molar-refractivity contribution >= 4 is 23.0 Å². The zero-order chi connectivity index (χ0) is 18.5. The zero-order valence-corrected chi connectivity index (χ0v) is 14.1. The number of amides is 1. The van der Waals surface area contributed by atoms with Crippen LogP contribution in [0.5, 0.6) is 11.5 Å². The predicted octanol–water partition coefficient (Wildman–Crippen LogP) is 1.70. The van der Waals surface area contributed by atoms with Crippen LogP contribution in [0.15, 0.2) is 52.4 Å². The SMILES string of the molecule is COc1ccc(OC)c(/C=N/NC(=O)c2nc3ccccc3c(=O)[nH]2)c1. The van der Waals surface area contributed by atoms with Gasteiger partial charge in [0.1, 0.15) is 11.5 Å². The minimum absolute atomic E-state index is 0.122. The van der Waals surface area contributed by atoms with Crippen molar-refractivity contribution in [3.63, 3.8) is 0 Å². The van der Waals surface area contributed by atoms with Gasteiger partial charge in [-0.25, -0.2) is 10.4 Å². The lowest BCUT2D eigenvalue weighted by Gasteiger charge is -2.06. The van der Waals surface area contributed by atoms with Crippen molar-refractivity contribution in [3.05, 3.63) is 64.2 Å². The number of benzene rings is 2. The molecule has 0 fully saturated rings. The molecule has 0 aliphatic heterocycles. The fourth-order valence-electron chi connectivity index (χ4n) is 2.35. The van der Waals surface area contributed by atoms with Gasteiger partial charge >= 0.3 is 5.91 Å². The first-order chi connectivity index (χ1) is 12.6. The van der Waals surface area contributed by atoms with Crippen LogP contribution in [0, 0.1) is 0 Å². The van der Waals surface area contributed by atoms with Crippen LogP contribution in [-0.4, -0.2) is 36.3 Å². The summed E-state index contributed by atoms with van der Waals surface area (Å²) in [5, 5.41) is 4.30. The normalized spacial score (nSPS) is 10.8. The standard InChI is InChI=1S/C18H16N4O4/c1-25-12-7-8-15(26-2)11(9-12)10-19-22-18(24)16-20-14-6-4-3-5-13(14)17(23)21-16/h3-10H,1-2H3,(H,22,24)(H,20,21,23)/b19-10+. The second kappa shape index (κ2) is 7.47. The minimum atomic E-state index is -0.633. The van der Waals surface area contributed by atoms with Gasteiger partial charge in [0.25, 0.3) is 5.56 Å². The van der Waals surface area contributed by atoms with E-state index in [2.05, 4.69) is 20.5 Å². The highest BCUT2D eigenvalue weighted by Gasteiger charge is 2.10. The fraction of sp³-hybridized carbons (Fsp3) is 0.111. The summed E-state index contributed by atoms with van der Waals surface area (Å²) in [5.41, 5.74) is 2.99. The lowest BCUT2D eigenvalue weighted by molar-refractivity contribution is 0.0945. The number of para-hydroxylation sites is 1. The van der Waals surface area contributed by atoms with E-state index in [0.29, 0.717) is 28.0 Å².